The van der Waals surface area contributed by atoms with Gasteiger partial charge in [-0.05, 0) is 41.7 Å². The van der Waals surface area contributed by atoms with E-state index in [0.717, 1.165) is 17.4 Å². The van der Waals surface area contributed by atoms with E-state index < -0.39 is 0 Å². The molecule has 1 rings (SSSR count). The molecule has 4 heteroatoms. The van der Waals surface area contributed by atoms with Gasteiger partial charge in [0.05, 0.1) is 22.4 Å². The highest BCUT2D eigenvalue weighted by molar-refractivity contribution is 9.10. The van der Waals surface area contributed by atoms with Crippen molar-refractivity contribution in [2.45, 2.75) is 46.7 Å². The lowest BCUT2D eigenvalue weighted by molar-refractivity contribution is 0.233. The van der Waals surface area contributed by atoms with Gasteiger partial charge in [-0.1, -0.05) is 20.8 Å². The first-order valence-electron chi connectivity index (χ1n) is 5.86. The second kappa shape index (κ2) is 5.32. The van der Waals surface area contributed by atoms with Gasteiger partial charge in [0.1, 0.15) is 0 Å². The maximum Gasteiger partial charge on any atom is 0.0700 e. The lowest BCUT2D eigenvalue weighted by Crippen LogP contribution is -2.33. The van der Waals surface area contributed by atoms with E-state index in [4.69, 9.17) is 0 Å². The second-order valence-corrected chi connectivity index (χ2v) is 5.61. The highest BCUT2D eigenvalue weighted by Gasteiger charge is 2.31. The molecule has 0 fully saturated rings. The fourth-order valence-corrected chi connectivity index (χ4v) is 2.54. The number of rotatable bonds is 5. The number of hydrogen-bond acceptors (Lipinski definition) is 2. The maximum absolute atomic E-state index is 4.38. The van der Waals surface area contributed by atoms with E-state index in [1.165, 1.54) is 5.69 Å². The SMILES string of the molecule is CCn1ncc(Br)c1C(NC)C(C)(C)CC. The van der Waals surface area contributed by atoms with E-state index in [-0.39, 0.29) is 5.41 Å². The monoisotopic (exact) mass is 287 g/mol. The molecule has 0 saturated carbocycles. The second-order valence-electron chi connectivity index (χ2n) is 4.76. The minimum Gasteiger partial charge on any atom is -0.311 e. The maximum atomic E-state index is 4.38. The highest BCUT2D eigenvalue weighted by atomic mass is 79.9. The molecule has 1 heterocycles. The first-order chi connectivity index (χ1) is 7.47. The van der Waals surface area contributed by atoms with Gasteiger partial charge in [-0.25, -0.2) is 0 Å². The van der Waals surface area contributed by atoms with Crippen molar-refractivity contribution in [2.24, 2.45) is 5.41 Å². The molecule has 0 spiro atoms. The van der Waals surface area contributed by atoms with Gasteiger partial charge in [-0.2, -0.15) is 5.10 Å². The van der Waals surface area contributed by atoms with Crippen LogP contribution in [0.2, 0.25) is 0 Å². The molecule has 0 aliphatic heterocycles. The van der Waals surface area contributed by atoms with Crippen molar-refractivity contribution >= 4 is 15.9 Å². The van der Waals surface area contributed by atoms with Crippen LogP contribution in [0.4, 0.5) is 0 Å². The Morgan fingerprint density at radius 3 is 2.56 bits per heavy atom. The number of nitrogens with zero attached hydrogens (tertiary/aromatic N) is 2. The summed E-state index contributed by atoms with van der Waals surface area (Å²) in [5, 5.41) is 7.80. The van der Waals surface area contributed by atoms with Gasteiger partial charge >= 0.3 is 0 Å². The third kappa shape index (κ3) is 2.48. The summed E-state index contributed by atoms with van der Waals surface area (Å²) >= 11 is 3.60. The molecule has 1 N–H and O–H groups in total. The quantitative estimate of drug-likeness (QED) is 0.900. The van der Waals surface area contributed by atoms with Gasteiger partial charge in [0.15, 0.2) is 0 Å². The molecule has 16 heavy (non-hydrogen) atoms. The van der Waals surface area contributed by atoms with Gasteiger partial charge in [0.25, 0.3) is 0 Å². The van der Waals surface area contributed by atoms with Crippen LogP contribution in [0.5, 0.6) is 0 Å². The number of hydrogen-bond donors (Lipinski definition) is 1. The van der Waals surface area contributed by atoms with Crippen LogP contribution in [0.3, 0.4) is 0 Å². The zero-order valence-corrected chi connectivity index (χ0v) is 12.4. The van der Waals surface area contributed by atoms with Crippen LogP contribution < -0.4 is 5.32 Å². The summed E-state index contributed by atoms with van der Waals surface area (Å²) in [4.78, 5) is 0. The first-order valence-corrected chi connectivity index (χ1v) is 6.65. The number of aryl methyl sites for hydroxylation is 1. The standard InChI is InChI=1S/C12H22BrN3/c1-6-12(3,4)11(14-5)10-9(13)8-15-16(10)7-2/h8,11,14H,6-7H2,1-5H3. The molecule has 92 valence electrons. The number of halogens is 1. The molecular weight excluding hydrogens is 266 g/mol. The molecule has 1 aromatic rings. The van der Waals surface area contributed by atoms with E-state index in [1.54, 1.807) is 0 Å². The Bertz CT molecular complexity index is 344. The molecule has 1 aromatic heterocycles. The van der Waals surface area contributed by atoms with E-state index in [1.807, 2.05) is 13.2 Å². The molecule has 0 bridgehead atoms. The summed E-state index contributed by atoms with van der Waals surface area (Å²) in [7, 11) is 2.02. The van der Waals surface area contributed by atoms with Gasteiger partial charge in [0.2, 0.25) is 0 Å². The van der Waals surface area contributed by atoms with Crippen molar-refractivity contribution < 1.29 is 0 Å². The van der Waals surface area contributed by atoms with Crippen LogP contribution in [-0.4, -0.2) is 16.8 Å². The molecule has 3 nitrogen and oxygen atoms in total. The average Bonchev–Trinajstić information content (AvgIpc) is 2.61. The Kier molecular flexibility index (Phi) is 4.56. The predicted molar refractivity (Wildman–Crippen MR) is 71.5 cm³/mol. The molecule has 0 aliphatic carbocycles. The fraction of sp³-hybridized carbons (Fsp3) is 0.750. The Hall–Kier alpha value is -0.350. The highest BCUT2D eigenvalue weighted by Crippen LogP contribution is 2.38. The molecule has 0 radical (unpaired) electrons. The molecule has 1 atom stereocenters. The third-order valence-corrected chi connectivity index (χ3v) is 4.00. The summed E-state index contributed by atoms with van der Waals surface area (Å²) in [5.41, 5.74) is 1.46. The van der Waals surface area contributed by atoms with Gasteiger partial charge < -0.3 is 5.32 Å². The topological polar surface area (TPSA) is 29.9 Å². The Morgan fingerprint density at radius 1 is 1.50 bits per heavy atom. The van der Waals surface area contributed by atoms with Crippen LogP contribution >= 0.6 is 15.9 Å². The summed E-state index contributed by atoms with van der Waals surface area (Å²) in [5.74, 6) is 0. The molecule has 0 amide bonds. The fourth-order valence-electron chi connectivity index (χ4n) is 2.01. The van der Waals surface area contributed by atoms with Crippen LogP contribution in [0.1, 0.15) is 45.9 Å². The molecule has 0 saturated heterocycles. The lowest BCUT2D eigenvalue weighted by Gasteiger charge is -2.34. The van der Waals surface area contributed by atoms with Crippen LogP contribution in [0.15, 0.2) is 10.7 Å². The van der Waals surface area contributed by atoms with E-state index in [2.05, 4.69) is 58.7 Å². The van der Waals surface area contributed by atoms with E-state index in [9.17, 15) is 0 Å². The molecular formula is C12H22BrN3. The minimum atomic E-state index is 0.213. The molecule has 0 aromatic carbocycles. The number of aromatic nitrogens is 2. The van der Waals surface area contributed by atoms with Crippen molar-refractivity contribution in [1.29, 1.82) is 0 Å². The van der Waals surface area contributed by atoms with E-state index in [0.29, 0.717) is 6.04 Å². The van der Waals surface area contributed by atoms with Gasteiger partial charge in [-0.3, -0.25) is 4.68 Å². The van der Waals surface area contributed by atoms with Crippen molar-refractivity contribution in [3.05, 3.63) is 16.4 Å². The largest absolute Gasteiger partial charge is 0.311 e. The van der Waals surface area contributed by atoms with Gasteiger partial charge in [-0.15, -0.1) is 0 Å². The van der Waals surface area contributed by atoms with Crippen LogP contribution in [0.25, 0.3) is 0 Å². The summed E-state index contributed by atoms with van der Waals surface area (Å²) in [6, 6.07) is 0.314. The normalized spacial score (nSPS) is 14.1. The smallest absolute Gasteiger partial charge is 0.0700 e. The van der Waals surface area contributed by atoms with Crippen LogP contribution in [0, 0.1) is 5.41 Å². The lowest BCUT2D eigenvalue weighted by atomic mass is 9.80. The van der Waals surface area contributed by atoms with Crippen molar-refractivity contribution in [2.75, 3.05) is 7.05 Å². The van der Waals surface area contributed by atoms with Crippen molar-refractivity contribution in [1.82, 2.24) is 15.1 Å². The molecule has 0 aliphatic rings. The number of nitrogens with one attached hydrogen (secondary N) is 1. The average molecular weight is 288 g/mol. The van der Waals surface area contributed by atoms with E-state index >= 15 is 0 Å². The summed E-state index contributed by atoms with van der Waals surface area (Å²) in [6.07, 6.45) is 3.01. The van der Waals surface area contributed by atoms with Crippen LogP contribution in [-0.2, 0) is 6.54 Å². The van der Waals surface area contributed by atoms with Crippen molar-refractivity contribution in [3.63, 3.8) is 0 Å². The molecule has 1 unspecified atom stereocenters. The Morgan fingerprint density at radius 2 is 2.12 bits per heavy atom. The Labute approximate surface area is 107 Å². The van der Waals surface area contributed by atoms with Gasteiger partial charge in [0, 0.05) is 6.54 Å². The summed E-state index contributed by atoms with van der Waals surface area (Å²) in [6.45, 7) is 9.82. The first kappa shape index (κ1) is 13.7. The summed E-state index contributed by atoms with van der Waals surface area (Å²) < 4.78 is 3.15. The third-order valence-electron chi connectivity index (χ3n) is 3.39. The Balaban J connectivity index is 3.17. The van der Waals surface area contributed by atoms with Crippen molar-refractivity contribution in [3.8, 4) is 0 Å². The predicted octanol–water partition coefficient (Wildman–Crippen LogP) is 3.36. The zero-order valence-electron chi connectivity index (χ0n) is 10.8. The minimum absolute atomic E-state index is 0.213. The zero-order chi connectivity index (χ0) is 12.3.